The average Bonchev–Trinajstić information content (AvgIpc) is 3.59. The molecule has 0 unspecified atom stereocenters. The second kappa shape index (κ2) is 11.3. The summed E-state index contributed by atoms with van der Waals surface area (Å²) in [4.78, 5) is 56.9. The first-order valence-corrected chi connectivity index (χ1v) is 14.7. The number of piperazine rings is 1. The van der Waals surface area contributed by atoms with Gasteiger partial charge in [-0.2, -0.15) is 0 Å². The van der Waals surface area contributed by atoms with E-state index in [9.17, 15) is 24.3 Å². The summed E-state index contributed by atoms with van der Waals surface area (Å²) in [6.45, 7) is 6.85. The molecule has 220 valence electrons. The number of likely N-dealkylation sites (tertiary alicyclic amines) is 1. The number of nitrogens with zero attached hydrogens (tertiary/aromatic N) is 4. The molecule has 4 saturated heterocycles. The van der Waals surface area contributed by atoms with Gasteiger partial charge in [-0.3, -0.25) is 29.7 Å². The van der Waals surface area contributed by atoms with E-state index in [-0.39, 0.29) is 71.6 Å². The molecule has 5 heterocycles. The Balaban J connectivity index is 1.20. The van der Waals surface area contributed by atoms with E-state index in [2.05, 4.69) is 10.6 Å². The van der Waals surface area contributed by atoms with Crippen molar-refractivity contribution in [1.29, 1.82) is 5.41 Å². The lowest BCUT2D eigenvalue weighted by Crippen LogP contribution is -2.66. The predicted molar refractivity (Wildman–Crippen MR) is 148 cm³/mol. The number of carboxylic acids is 1. The molecule has 8 N–H and O–H groups in total. The van der Waals surface area contributed by atoms with Crippen molar-refractivity contribution in [2.24, 2.45) is 23.4 Å². The van der Waals surface area contributed by atoms with Crippen LogP contribution in [0.3, 0.4) is 0 Å². The third-order valence-electron chi connectivity index (χ3n) is 8.68. The van der Waals surface area contributed by atoms with Crippen molar-refractivity contribution in [3.05, 3.63) is 10.6 Å². The number of nitrogens with two attached hydrogens (primary N) is 2. The van der Waals surface area contributed by atoms with Crippen LogP contribution in [0.15, 0.2) is 10.6 Å². The van der Waals surface area contributed by atoms with Crippen LogP contribution in [0.1, 0.15) is 26.7 Å². The van der Waals surface area contributed by atoms with Crippen molar-refractivity contribution in [3.63, 3.8) is 0 Å². The van der Waals surface area contributed by atoms with E-state index in [1.54, 1.807) is 11.8 Å². The fourth-order valence-corrected chi connectivity index (χ4v) is 8.04. The topological polar surface area (TPSA) is 201 Å². The molecule has 5 rings (SSSR count). The molecule has 15 heteroatoms. The Morgan fingerprint density at radius 2 is 2.02 bits per heavy atom. The van der Waals surface area contributed by atoms with Gasteiger partial charge < -0.3 is 31.3 Å². The van der Waals surface area contributed by atoms with Gasteiger partial charge in [0.05, 0.1) is 31.1 Å². The molecule has 5 aliphatic heterocycles. The number of rotatable bonds is 8. The molecule has 5 aliphatic rings. The monoisotopic (exact) mass is 577 g/mol. The van der Waals surface area contributed by atoms with Gasteiger partial charge in [0.25, 0.3) is 0 Å². The normalized spacial score (nSPS) is 33.4. The van der Waals surface area contributed by atoms with Crippen LogP contribution >= 0.6 is 11.8 Å². The molecule has 0 aliphatic carbocycles. The lowest BCUT2D eigenvalue weighted by molar-refractivity contribution is -0.158. The molecule has 0 aromatic rings. The SMILES string of the molecule is C[C@@H](NC(=O)CN1CCN(N)C(=N)C1)[C@H]1C(=O)N2C(C(=O)O)=C(S[C@@H]3CN[C@H](C(=O)N4CC[C@@H](N)C4)C3)[C@H](C)[C@H]12. The van der Waals surface area contributed by atoms with Gasteiger partial charge in [0.1, 0.15) is 11.5 Å². The third kappa shape index (κ3) is 5.32. The molecular weight excluding hydrogens is 538 g/mol. The fourth-order valence-electron chi connectivity index (χ4n) is 6.56. The Labute approximate surface area is 237 Å². The van der Waals surface area contributed by atoms with Crippen molar-refractivity contribution in [1.82, 2.24) is 30.3 Å². The Morgan fingerprint density at radius 3 is 2.67 bits per heavy atom. The molecule has 0 bridgehead atoms. The number of amidine groups is 1. The van der Waals surface area contributed by atoms with E-state index in [4.69, 9.17) is 17.0 Å². The van der Waals surface area contributed by atoms with Gasteiger partial charge in [-0.05, 0) is 19.8 Å². The Bertz CT molecular complexity index is 1130. The highest BCUT2D eigenvalue weighted by atomic mass is 32.2. The summed E-state index contributed by atoms with van der Waals surface area (Å²) in [6, 6.07) is -1.16. The van der Waals surface area contributed by atoms with E-state index in [1.807, 2.05) is 11.8 Å². The number of fused-ring (bicyclic) bond motifs is 1. The standard InChI is InChI=1S/C25H39N9O5S/c1-12-20-19(13(2)30-18(35)11-31-5-6-33(28)17(27)10-31)24(37)34(20)21(25(38)39)22(12)40-15-7-16(29-8-15)23(36)32-4-3-14(26)9-32/h12-16,19-20,27,29H,3-11,26,28H2,1-2H3,(H,30,35)(H,38,39)/t12-,13-,14-,15+,16+,19-,20-/m1/s1. The lowest BCUT2D eigenvalue weighted by atomic mass is 9.78. The molecule has 40 heavy (non-hydrogen) atoms. The second-order valence-corrected chi connectivity index (χ2v) is 12.8. The number of nitrogens with one attached hydrogen (secondary N) is 3. The minimum Gasteiger partial charge on any atom is -0.477 e. The summed E-state index contributed by atoms with van der Waals surface area (Å²) < 4.78 is 0. The summed E-state index contributed by atoms with van der Waals surface area (Å²) >= 11 is 1.44. The van der Waals surface area contributed by atoms with Crippen LogP contribution in [-0.4, -0.2) is 130 Å². The van der Waals surface area contributed by atoms with Crippen LogP contribution in [-0.2, 0) is 19.2 Å². The van der Waals surface area contributed by atoms with Crippen molar-refractivity contribution in [2.75, 3.05) is 45.8 Å². The number of hydrazine groups is 1. The van der Waals surface area contributed by atoms with Gasteiger partial charge in [-0.1, -0.05) is 6.92 Å². The highest BCUT2D eigenvalue weighted by Crippen LogP contribution is 2.51. The van der Waals surface area contributed by atoms with E-state index >= 15 is 0 Å². The first-order valence-electron chi connectivity index (χ1n) is 13.8. The van der Waals surface area contributed by atoms with Gasteiger partial charge in [0.15, 0.2) is 0 Å². The number of amides is 3. The van der Waals surface area contributed by atoms with Gasteiger partial charge in [-0.25, -0.2) is 10.6 Å². The number of aliphatic carboxylic acids is 1. The summed E-state index contributed by atoms with van der Waals surface area (Å²) in [5, 5.41) is 25.5. The number of carboxylic acid groups (broad SMARTS) is 1. The average molecular weight is 578 g/mol. The minimum absolute atomic E-state index is 0.00544. The Morgan fingerprint density at radius 1 is 1.27 bits per heavy atom. The third-order valence-corrected chi connectivity index (χ3v) is 10.2. The van der Waals surface area contributed by atoms with E-state index in [1.165, 1.54) is 21.7 Å². The van der Waals surface area contributed by atoms with E-state index in [0.717, 1.165) is 6.42 Å². The Hall–Kier alpha value is -2.72. The number of carbonyl (C=O) groups is 4. The number of hydrogen-bond acceptors (Lipinski definition) is 10. The summed E-state index contributed by atoms with van der Waals surface area (Å²) in [5.41, 5.74) is 5.97. The van der Waals surface area contributed by atoms with Crippen LogP contribution in [0.2, 0.25) is 0 Å². The first kappa shape index (κ1) is 28.8. The van der Waals surface area contributed by atoms with Crippen molar-refractivity contribution in [3.8, 4) is 0 Å². The molecule has 0 aromatic carbocycles. The van der Waals surface area contributed by atoms with Gasteiger partial charge in [0.2, 0.25) is 17.7 Å². The first-order chi connectivity index (χ1) is 19.0. The van der Waals surface area contributed by atoms with Crippen LogP contribution < -0.4 is 22.2 Å². The highest BCUT2D eigenvalue weighted by Gasteiger charge is 2.60. The molecule has 7 atom stereocenters. The van der Waals surface area contributed by atoms with Crippen molar-refractivity contribution < 1.29 is 24.3 Å². The number of β-lactam (4-membered cyclic amide) rings is 1. The second-order valence-electron chi connectivity index (χ2n) is 11.5. The molecule has 0 aromatic heterocycles. The zero-order chi connectivity index (χ0) is 28.9. The smallest absolute Gasteiger partial charge is 0.353 e. The van der Waals surface area contributed by atoms with Crippen molar-refractivity contribution >= 4 is 41.3 Å². The molecular formula is C25H39N9O5S. The maximum absolute atomic E-state index is 13.2. The Kier molecular flexibility index (Phi) is 8.12. The molecule has 0 spiro atoms. The summed E-state index contributed by atoms with van der Waals surface area (Å²) in [6.07, 6.45) is 1.37. The van der Waals surface area contributed by atoms with Crippen LogP contribution in [0.5, 0.6) is 0 Å². The molecule has 4 fully saturated rings. The highest BCUT2D eigenvalue weighted by molar-refractivity contribution is 8.03. The maximum atomic E-state index is 13.2. The van der Waals surface area contributed by atoms with Crippen LogP contribution in [0, 0.1) is 17.2 Å². The minimum atomic E-state index is -1.15. The largest absolute Gasteiger partial charge is 0.477 e. The summed E-state index contributed by atoms with van der Waals surface area (Å²) in [5.74, 6) is 3.51. The van der Waals surface area contributed by atoms with E-state index in [0.29, 0.717) is 44.0 Å². The number of thioether (sulfide) groups is 1. The van der Waals surface area contributed by atoms with Crippen LogP contribution in [0.25, 0.3) is 0 Å². The quantitative estimate of drug-likeness (QED) is 0.134. The zero-order valence-electron chi connectivity index (χ0n) is 22.8. The van der Waals surface area contributed by atoms with Crippen molar-refractivity contribution in [2.45, 2.75) is 56.1 Å². The summed E-state index contributed by atoms with van der Waals surface area (Å²) in [7, 11) is 0. The van der Waals surface area contributed by atoms with Crippen LogP contribution in [0.4, 0.5) is 0 Å². The van der Waals surface area contributed by atoms with Gasteiger partial charge >= 0.3 is 5.97 Å². The molecule has 0 radical (unpaired) electrons. The predicted octanol–water partition coefficient (Wildman–Crippen LogP) is -2.24. The fraction of sp³-hybridized carbons (Fsp3) is 0.720. The zero-order valence-corrected chi connectivity index (χ0v) is 23.7. The van der Waals surface area contributed by atoms with E-state index < -0.39 is 17.9 Å². The molecule has 14 nitrogen and oxygen atoms in total. The lowest BCUT2D eigenvalue weighted by Gasteiger charge is -2.47. The molecule has 3 amide bonds. The number of hydrogen-bond donors (Lipinski definition) is 6. The number of carbonyl (C=O) groups excluding carboxylic acids is 3. The maximum Gasteiger partial charge on any atom is 0.353 e. The van der Waals surface area contributed by atoms with Gasteiger partial charge in [0, 0.05) is 60.9 Å². The van der Waals surface area contributed by atoms with Gasteiger partial charge in [-0.15, -0.1) is 11.8 Å². The molecule has 0 saturated carbocycles.